The van der Waals surface area contributed by atoms with E-state index >= 15 is 0 Å². The van der Waals surface area contributed by atoms with Crippen LogP contribution in [0.5, 0.6) is 11.5 Å². The largest absolute Gasteiger partial charge is 0.509 e. The fraction of sp³-hybridized carbons (Fsp3) is 0.130. The predicted molar refractivity (Wildman–Crippen MR) is 210 cm³/mol. The Morgan fingerprint density at radius 3 is 2.08 bits per heavy atom. The number of anilines is 4. The Bertz CT molecular complexity index is 2550. The standard InChI is InChI=1S/C46H37N4O.Pt/c1-30(2)36-18-12-19-37(31(3)4)45(36)49-29-48(42-25-22-32-13-5-6-16-38(32)46(42)49)33-14-11-15-34(27-33)51-35-23-24-40-39-17-7-8-20-41(39)50(43(40)28-35)44-21-9-10-26-47-44;/h5-26,29-31H,1-4H3;/q-3;. The summed E-state index contributed by atoms with van der Waals surface area (Å²) in [4.78, 5) is 9.31. The number of aromatic nitrogens is 2. The average Bonchev–Trinajstić information content (AvgIpc) is 3.71. The van der Waals surface area contributed by atoms with Gasteiger partial charge in [-0.3, -0.25) is 0 Å². The van der Waals surface area contributed by atoms with Crippen molar-refractivity contribution >= 4 is 55.3 Å². The number of pyridine rings is 1. The molecule has 0 atom stereocenters. The first kappa shape index (κ1) is 33.7. The molecular formula is C46H37N4OPt-3. The van der Waals surface area contributed by atoms with Crippen LogP contribution in [0.1, 0.15) is 50.7 Å². The van der Waals surface area contributed by atoms with Crippen LogP contribution in [-0.2, 0) is 21.1 Å². The van der Waals surface area contributed by atoms with Gasteiger partial charge in [-0.1, -0.05) is 106 Å². The number of rotatable bonds is 7. The fourth-order valence-electron chi connectivity index (χ4n) is 7.49. The molecule has 0 unspecified atom stereocenters. The van der Waals surface area contributed by atoms with E-state index in [1.807, 2.05) is 42.6 Å². The van der Waals surface area contributed by atoms with Gasteiger partial charge in [0.2, 0.25) is 0 Å². The summed E-state index contributed by atoms with van der Waals surface area (Å²) in [5.41, 5.74) is 9.06. The molecule has 0 radical (unpaired) electrons. The van der Waals surface area contributed by atoms with Gasteiger partial charge in [0.15, 0.2) is 0 Å². The number of ether oxygens (including phenoxy) is 1. The van der Waals surface area contributed by atoms with Crippen LogP contribution in [0, 0.1) is 18.8 Å². The monoisotopic (exact) mass is 856 g/mol. The van der Waals surface area contributed by atoms with E-state index in [9.17, 15) is 0 Å². The second-order valence-electron chi connectivity index (χ2n) is 13.7. The quantitative estimate of drug-likeness (QED) is 0.150. The Morgan fingerprint density at radius 1 is 0.596 bits per heavy atom. The van der Waals surface area contributed by atoms with Crippen LogP contribution < -0.4 is 14.5 Å². The van der Waals surface area contributed by atoms with E-state index in [1.54, 1.807) is 0 Å². The first-order valence-electron chi connectivity index (χ1n) is 17.6. The molecule has 0 fully saturated rings. The van der Waals surface area contributed by atoms with Crippen LogP contribution in [0.25, 0.3) is 38.4 Å². The number of benzene rings is 6. The van der Waals surface area contributed by atoms with Crippen molar-refractivity contribution in [2.24, 2.45) is 0 Å². The van der Waals surface area contributed by atoms with Crippen LogP contribution in [0.15, 0.2) is 134 Å². The molecule has 0 spiro atoms. The van der Waals surface area contributed by atoms with Crippen LogP contribution >= 0.6 is 0 Å². The Kier molecular flexibility index (Phi) is 8.85. The number of nitrogens with zero attached hydrogens (tertiary/aromatic N) is 4. The third kappa shape index (κ3) is 5.65. The van der Waals surface area contributed by atoms with Crippen LogP contribution in [0.2, 0.25) is 0 Å². The maximum absolute atomic E-state index is 6.55. The summed E-state index contributed by atoms with van der Waals surface area (Å²) < 4.78 is 8.69. The van der Waals surface area contributed by atoms with Gasteiger partial charge in [0.1, 0.15) is 5.82 Å². The van der Waals surface area contributed by atoms with E-state index in [0.29, 0.717) is 23.3 Å². The fourth-order valence-corrected chi connectivity index (χ4v) is 7.49. The minimum absolute atomic E-state index is 0. The molecule has 0 saturated heterocycles. The van der Waals surface area contributed by atoms with Gasteiger partial charge < -0.3 is 19.1 Å². The summed E-state index contributed by atoms with van der Waals surface area (Å²) in [6.45, 7) is 11.3. The molecule has 6 heteroatoms. The minimum Gasteiger partial charge on any atom is -0.509 e. The molecule has 6 aromatic carbocycles. The number of hydrogen-bond donors (Lipinski definition) is 0. The van der Waals surface area contributed by atoms with Crippen molar-refractivity contribution in [3.63, 3.8) is 0 Å². The summed E-state index contributed by atoms with van der Waals surface area (Å²) in [6.07, 6.45) is 1.82. The maximum atomic E-state index is 6.55. The number of hydrogen-bond acceptors (Lipinski definition) is 4. The molecule has 9 rings (SSSR count). The van der Waals surface area contributed by atoms with Crippen molar-refractivity contribution in [3.8, 4) is 17.3 Å². The zero-order chi connectivity index (χ0) is 34.6. The molecule has 2 aromatic heterocycles. The molecule has 0 N–H and O–H groups in total. The summed E-state index contributed by atoms with van der Waals surface area (Å²) in [6, 6.07) is 51.5. The zero-order valence-corrected chi connectivity index (χ0v) is 31.7. The van der Waals surface area contributed by atoms with Gasteiger partial charge in [-0.2, -0.15) is 12.1 Å². The van der Waals surface area contributed by atoms with E-state index in [-0.39, 0.29) is 21.1 Å². The maximum Gasteiger partial charge on any atom is 0.135 e. The summed E-state index contributed by atoms with van der Waals surface area (Å²) in [7, 11) is 0. The number of para-hydroxylation sites is 2. The topological polar surface area (TPSA) is 33.5 Å². The normalized spacial score (nSPS) is 12.7. The van der Waals surface area contributed by atoms with Crippen LogP contribution in [0.3, 0.4) is 0 Å². The SMILES string of the molecule is CC(C)c1cccc(C(C)C)c1N1[CH-]N(c2[c-]c(Oc3[c-]c4c(cc3)c3ccccc3n4-c3ccccn3)ccc2)c2ccc3ccccc3c21.[Pt]. The minimum atomic E-state index is 0. The van der Waals surface area contributed by atoms with E-state index in [1.165, 1.54) is 33.3 Å². The van der Waals surface area contributed by atoms with Gasteiger partial charge >= 0.3 is 0 Å². The van der Waals surface area contributed by atoms with E-state index < -0.39 is 0 Å². The smallest absolute Gasteiger partial charge is 0.135 e. The molecule has 1 aliphatic heterocycles. The molecule has 0 saturated carbocycles. The zero-order valence-electron chi connectivity index (χ0n) is 29.4. The van der Waals surface area contributed by atoms with Crippen LogP contribution in [-0.4, -0.2) is 9.55 Å². The predicted octanol–water partition coefficient (Wildman–Crippen LogP) is 12.4. The first-order chi connectivity index (χ1) is 25.0. The summed E-state index contributed by atoms with van der Waals surface area (Å²) in [5, 5.41) is 4.66. The summed E-state index contributed by atoms with van der Waals surface area (Å²) >= 11 is 0. The van der Waals surface area contributed by atoms with Crippen molar-refractivity contribution in [1.29, 1.82) is 0 Å². The average molecular weight is 857 g/mol. The van der Waals surface area contributed by atoms with Crippen molar-refractivity contribution < 1.29 is 25.8 Å². The second kappa shape index (κ2) is 13.6. The molecule has 0 amide bonds. The Morgan fingerprint density at radius 2 is 1.31 bits per heavy atom. The molecule has 52 heavy (non-hydrogen) atoms. The first-order valence-corrected chi connectivity index (χ1v) is 17.6. The molecule has 260 valence electrons. The Hall–Kier alpha value is -5.38. The third-order valence-corrected chi connectivity index (χ3v) is 9.86. The molecule has 1 aliphatic rings. The van der Waals surface area contributed by atoms with Gasteiger partial charge in [-0.05, 0) is 58.0 Å². The van der Waals surface area contributed by atoms with Gasteiger partial charge in [0.05, 0.1) is 0 Å². The van der Waals surface area contributed by atoms with Crippen molar-refractivity contribution in [2.45, 2.75) is 39.5 Å². The van der Waals surface area contributed by atoms with Crippen molar-refractivity contribution in [3.05, 3.63) is 164 Å². The van der Waals surface area contributed by atoms with E-state index in [4.69, 9.17) is 4.74 Å². The van der Waals surface area contributed by atoms with Gasteiger partial charge in [0, 0.05) is 66.7 Å². The molecule has 3 heterocycles. The molecule has 5 nitrogen and oxygen atoms in total. The van der Waals surface area contributed by atoms with E-state index in [0.717, 1.165) is 39.0 Å². The number of fused-ring (bicyclic) bond motifs is 6. The second-order valence-corrected chi connectivity index (χ2v) is 13.7. The Labute approximate surface area is 319 Å². The molecular weight excluding hydrogens is 820 g/mol. The third-order valence-electron chi connectivity index (χ3n) is 9.86. The molecule has 0 bridgehead atoms. The summed E-state index contributed by atoms with van der Waals surface area (Å²) in [5.74, 6) is 2.77. The van der Waals surface area contributed by atoms with Crippen LogP contribution in [0.4, 0.5) is 22.7 Å². The van der Waals surface area contributed by atoms with Crippen molar-refractivity contribution in [1.82, 2.24) is 9.55 Å². The molecule has 8 aromatic rings. The van der Waals surface area contributed by atoms with Gasteiger partial charge in [-0.15, -0.1) is 48.1 Å². The van der Waals surface area contributed by atoms with E-state index in [2.05, 4.69) is 157 Å². The van der Waals surface area contributed by atoms with Crippen molar-refractivity contribution in [2.75, 3.05) is 9.80 Å². The molecule has 0 aliphatic carbocycles. The Balaban J connectivity index is 0.00000387. The van der Waals surface area contributed by atoms with Gasteiger partial charge in [0.25, 0.3) is 0 Å². The van der Waals surface area contributed by atoms with Gasteiger partial charge in [-0.25, -0.2) is 4.98 Å².